The second kappa shape index (κ2) is 5.47. The van der Waals surface area contributed by atoms with E-state index in [-0.39, 0.29) is 17.9 Å². The Morgan fingerprint density at radius 1 is 1.60 bits per heavy atom. The molecule has 0 spiro atoms. The van der Waals surface area contributed by atoms with Crippen molar-refractivity contribution in [3.05, 3.63) is 0 Å². The summed E-state index contributed by atoms with van der Waals surface area (Å²) in [4.78, 5) is 15.6. The summed E-state index contributed by atoms with van der Waals surface area (Å²) in [5.41, 5.74) is 0. The molecule has 0 aromatic heterocycles. The Morgan fingerprint density at radius 3 is 2.73 bits per heavy atom. The Labute approximate surface area is 91.9 Å². The molecule has 2 unspecified atom stereocenters. The summed E-state index contributed by atoms with van der Waals surface area (Å²) in [7, 11) is 3.94. The van der Waals surface area contributed by atoms with Gasteiger partial charge in [-0.25, -0.2) is 0 Å². The zero-order valence-electron chi connectivity index (χ0n) is 9.94. The molecule has 0 radical (unpaired) electrons. The number of amides is 1. The van der Waals surface area contributed by atoms with E-state index in [0.29, 0.717) is 6.42 Å². The molecular formula is C11H22N2O2. The lowest BCUT2D eigenvalue weighted by Gasteiger charge is -2.18. The van der Waals surface area contributed by atoms with Crippen molar-refractivity contribution < 1.29 is 9.90 Å². The molecule has 1 N–H and O–H groups in total. The molecule has 0 bridgehead atoms. The third kappa shape index (κ3) is 3.80. The van der Waals surface area contributed by atoms with Gasteiger partial charge >= 0.3 is 0 Å². The highest BCUT2D eigenvalue weighted by Gasteiger charge is 2.28. The summed E-state index contributed by atoms with van der Waals surface area (Å²) >= 11 is 0. The van der Waals surface area contributed by atoms with Gasteiger partial charge in [0, 0.05) is 32.0 Å². The zero-order chi connectivity index (χ0) is 11.4. The molecule has 4 nitrogen and oxygen atoms in total. The number of likely N-dealkylation sites (tertiary alicyclic amines) is 1. The molecule has 1 amide bonds. The topological polar surface area (TPSA) is 43.8 Å². The molecule has 0 saturated carbocycles. The van der Waals surface area contributed by atoms with Crippen molar-refractivity contribution in [3.8, 4) is 0 Å². The SMILES string of the molecule is CC(O)C1CCN(C(=O)CCN(C)C)C1. The minimum absolute atomic E-state index is 0.215. The number of carbonyl (C=O) groups is 1. The second-order valence-corrected chi connectivity index (χ2v) is 4.68. The third-order valence-corrected chi connectivity index (χ3v) is 3.03. The second-order valence-electron chi connectivity index (χ2n) is 4.68. The van der Waals surface area contributed by atoms with E-state index in [4.69, 9.17) is 0 Å². The first kappa shape index (κ1) is 12.5. The van der Waals surface area contributed by atoms with Crippen LogP contribution in [0.3, 0.4) is 0 Å². The van der Waals surface area contributed by atoms with Crippen LogP contribution in [0, 0.1) is 5.92 Å². The third-order valence-electron chi connectivity index (χ3n) is 3.03. The van der Waals surface area contributed by atoms with Crippen LogP contribution < -0.4 is 0 Å². The first-order valence-electron chi connectivity index (χ1n) is 5.61. The summed E-state index contributed by atoms with van der Waals surface area (Å²) in [6.07, 6.45) is 1.22. The van der Waals surface area contributed by atoms with Crippen LogP contribution in [0.2, 0.25) is 0 Å². The molecule has 0 aliphatic carbocycles. The minimum Gasteiger partial charge on any atom is -0.393 e. The highest BCUT2D eigenvalue weighted by Crippen LogP contribution is 2.20. The lowest BCUT2D eigenvalue weighted by atomic mass is 10.0. The lowest BCUT2D eigenvalue weighted by Crippen LogP contribution is -2.32. The summed E-state index contributed by atoms with van der Waals surface area (Å²) in [5.74, 6) is 0.486. The van der Waals surface area contributed by atoms with Crippen molar-refractivity contribution in [2.45, 2.75) is 25.9 Å². The molecule has 4 heteroatoms. The molecule has 1 fully saturated rings. The van der Waals surface area contributed by atoms with Gasteiger partial charge in [0.05, 0.1) is 6.10 Å². The van der Waals surface area contributed by atoms with Crippen LogP contribution in [0.1, 0.15) is 19.8 Å². The fourth-order valence-corrected chi connectivity index (χ4v) is 1.88. The maximum absolute atomic E-state index is 11.7. The van der Waals surface area contributed by atoms with Gasteiger partial charge in [-0.2, -0.15) is 0 Å². The van der Waals surface area contributed by atoms with E-state index in [9.17, 15) is 9.90 Å². The molecule has 88 valence electrons. The zero-order valence-corrected chi connectivity index (χ0v) is 9.94. The smallest absolute Gasteiger partial charge is 0.223 e. The van der Waals surface area contributed by atoms with Gasteiger partial charge in [-0.3, -0.25) is 4.79 Å². The van der Waals surface area contributed by atoms with Crippen molar-refractivity contribution in [2.75, 3.05) is 33.7 Å². The number of carbonyl (C=O) groups excluding carboxylic acids is 1. The molecule has 1 saturated heterocycles. The van der Waals surface area contributed by atoms with Crippen LogP contribution in [-0.4, -0.2) is 60.6 Å². The monoisotopic (exact) mass is 214 g/mol. The largest absolute Gasteiger partial charge is 0.393 e. The quantitative estimate of drug-likeness (QED) is 0.725. The fourth-order valence-electron chi connectivity index (χ4n) is 1.88. The Bertz CT molecular complexity index is 217. The van der Waals surface area contributed by atoms with Crippen molar-refractivity contribution >= 4 is 5.91 Å². The number of rotatable bonds is 4. The molecule has 1 aliphatic rings. The Balaban J connectivity index is 2.30. The van der Waals surface area contributed by atoms with Gasteiger partial charge in [0.15, 0.2) is 0 Å². The first-order chi connectivity index (χ1) is 7.00. The molecule has 0 aromatic carbocycles. The van der Waals surface area contributed by atoms with E-state index in [0.717, 1.165) is 26.1 Å². The van der Waals surface area contributed by atoms with E-state index in [1.807, 2.05) is 23.9 Å². The van der Waals surface area contributed by atoms with E-state index >= 15 is 0 Å². The summed E-state index contributed by atoms with van der Waals surface area (Å²) in [5, 5.41) is 9.42. The van der Waals surface area contributed by atoms with Gasteiger partial charge in [0.25, 0.3) is 0 Å². The average Bonchev–Trinajstić information content (AvgIpc) is 2.62. The fraction of sp³-hybridized carbons (Fsp3) is 0.909. The Kier molecular flexibility index (Phi) is 4.54. The van der Waals surface area contributed by atoms with Crippen LogP contribution in [0.4, 0.5) is 0 Å². The predicted octanol–water partition coefficient (Wildman–Crippen LogP) is 0.167. The van der Waals surface area contributed by atoms with Crippen molar-refractivity contribution in [1.82, 2.24) is 9.80 Å². The summed E-state index contributed by atoms with van der Waals surface area (Å²) < 4.78 is 0. The van der Waals surface area contributed by atoms with Gasteiger partial charge in [0.2, 0.25) is 5.91 Å². The van der Waals surface area contributed by atoms with Gasteiger partial charge in [-0.1, -0.05) is 0 Å². The van der Waals surface area contributed by atoms with E-state index in [1.54, 1.807) is 6.92 Å². The minimum atomic E-state index is -0.295. The molecule has 1 heterocycles. The maximum Gasteiger partial charge on any atom is 0.223 e. The molecule has 0 aromatic rings. The summed E-state index contributed by atoms with van der Waals surface area (Å²) in [6, 6.07) is 0. The van der Waals surface area contributed by atoms with E-state index in [1.165, 1.54) is 0 Å². The molecular weight excluding hydrogens is 192 g/mol. The van der Waals surface area contributed by atoms with Crippen molar-refractivity contribution in [3.63, 3.8) is 0 Å². The van der Waals surface area contributed by atoms with E-state index in [2.05, 4.69) is 0 Å². The highest BCUT2D eigenvalue weighted by atomic mass is 16.3. The van der Waals surface area contributed by atoms with Crippen molar-refractivity contribution in [1.29, 1.82) is 0 Å². The van der Waals surface area contributed by atoms with Gasteiger partial charge < -0.3 is 14.9 Å². The number of nitrogens with zero attached hydrogens (tertiary/aromatic N) is 2. The van der Waals surface area contributed by atoms with Crippen LogP contribution in [0.15, 0.2) is 0 Å². The van der Waals surface area contributed by atoms with Crippen LogP contribution in [0.5, 0.6) is 0 Å². The lowest BCUT2D eigenvalue weighted by molar-refractivity contribution is -0.130. The van der Waals surface area contributed by atoms with Gasteiger partial charge in [-0.05, 0) is 27.4 Å². The Hall–Kier alpha value is -0.610. The first-order valence-corrected chi connectivity index (χ1v) is 5.61. The molecule has 15 heavy (non-hydrogen) atoms. The van der Waals surface area contributed by atoms with Crippen LogP contribution >= 0.6 is 0 Å². The number of hydrogen-bond donors (Lipinski definition) is 1. The Morgan fingerprint density at radius 2 is 2.27 bits per heavy atom. The van der Waals surface area contributed by atoms with Crippen LogP contribution in [-0.2, 0) is 4.79 Å². The van der Waals surface area contributed by atoms with Gasteiger partial charge in [-0.15, -0.1) is 0 Å². The van der Waals surface area contributed by atoms with E-state index < -0.39 is 0 Å². The number of aliphatic hydroxyl groups is 1. The highest BCUT2D eigenvalue weighted by molar-refractivity contribution is 5.76. The standard InChI is InChI=1S/C11H22N2O2/c1-9(14)10-4-7-13(8-10)11(15)5-6-12(2)3/h9-10,14H,4-8H2,1-3H3. The normalized spacial score (nSPS) is 23.5. The van der Waals surface area contributed by atoms with Crippen LogP contribution in [0.25, 0.3) is 0 Å². The van der Waals surface area contributed by atoms with Gasteiger partial charge in [0.1, 0.15) is 0 Å². The number of hydrogen-bond acceptors (Lipinski definition) is 3. The average molecular weight is 214 g/mol. The predicted molar refractivity (Wildman–Crippen MR) is 59.5 cm³/mol. The number of aliphatic hydroxyl groups excluding tert-OH is 1. The van der Waals surface area contributed by atoms with Crippen molar-refractivity contribution in [2.24, 2.45) is 5.92 Å². The summed E-state index contributed by atoms with van der Waals surface area (Å²) in [6.45, 7) is 4.14. The molecule has 2 atom stereocenters. The maximum atomic E-state index is 11.7. The molecule has 1 aliphatic heterocycles. The molecule has 1 rings (SSSR count).